The normalized spacial score (nSPS) is 13.0. The van der Waals surface area contributed by atoms with Crippen molar-refractivity contribution in [3.8, 4) is 0 Å². The van der Waals surface area contributed by atoms with E-state index < -0.39 is 12.5 Å². The van der Waals surface area contributed by atoms with Crippen molar-refractivity contribution in [3.05, 3.63) is 168 Å². The van der Waals surface area contributed by atoms with Crippen LogP contribution in [0.15, 0.2) is 136 Å². The molecule has 19 heteroatoms. The number of aldehydes is 1. The van der Waals surface area contributed by atoms with Crippen molar-refractivity contribution < 1.29 is 37.8 Å². The number of aliphatic imine (C=N–C) groups is 1. The lowest BCUT2D eigenvalue weighted by molar-refractivity contribution is -0.156. The number of furan rings is 2. The molecule has 6 aromatic heterocycles. The van der Waals surface area contributed by atoms with E-state index in [0.29, 0.717) is 25.7 Å². The monoisotopic (exact) mass is 1000 g/mol. The maximum atomic E-state index is 12.6. The minimum atomic E-state index is -4.64. The summed E-state index contributed by atoms with van der Waals surface area (Å²) in [7, 11) is 0. The van der Waals surface area contributed by atoms with Crippen LogP contribution in [-0.2, 0) is 35.3 Å². The number of hydrogen-bond acceptors (Lipinski definition) is 12. The molecule has 0 atom stereocenters. The number of halogens is 3. The van der Waals surface area contributed by atoms with Gasteiger partial charge >= 0.3 is 12.2 Å². The van der Waals surface area contributed by atoms with E-state index in [1.54, 1.807) is 49.1 Å². The summed E-state index contributed by atoms with van der Waals surface area (Å²) in [5, 5.41) is 19.8. The zero-order chi connectivity index (χ0) is 52.0. The van der Waals surface area contributed by atoms with Gasteiger partial charge in [0.15, 0.2) is 11.3 Å². The van der Waals surface area contributed by atoms with Gasteiger partial charge in [0.1, 0.15) is 35.8 Å². The fourth-order valence-corrected chi connectivity index (χ4v) is 7.63. The lowest BCUT2D eigenvalue weighted by Crippen LogP contribution is -2.37. The fraction of sp³-hybridized carbons (Fsp3) is 0.315. The van der Waals surface area contributed by atoms with E-state index in [-0.39, 0.29) is 13.5 Å². The molecule has 7 heterocycles. The fourth-order valence-electron chi connectivity index (χ4n) is 7.63. The molecule has 0 radical (unpaired) electrons. The van der Waals surface area contributed by atoms with Gasteiger partial charge in [-0.3, -0.25) is 13.6 Å². The quantitative estimate of drug-likeness (QED) is 0.0779. The van der Waals surface area contributed by atoms with Crippen LogP contribution in [-0.4, -0.2) is 81.7 Å². The van der Waals surface area contributed by atoms with Gasteiger partial charge in [0.25, 0.3) is 0 Å². The number of nitrogens with one attached hydrogen (secondary N) is 1. The first-order valence-corrected chi connectivity index (χ1v) is 23.3. The minimum Gasteiger partial charge on any atom is -0.469 e. The molecule has 8 aromatic rings. The molecule has 1 N–H and O–H groups in total. The number of rotatable bonds is 10. The Labute approximate surface area is 423 Å². The summed E-state index contributed by atoms with van der Waals surface area (Å²) in [4.78, 5) is 45.7. The van der Waals surface area contributed by atoms with E-state index in [0.717, 1.165) is 113 Å². The molecule has 16 nitrogen and oxygen atoms in total. The van der Waals surface area contributed by atoms with Crippen molar-refractivity contribution >= 4 is 52.2 Å². The number of alkyl halides is 3. The van der Waals surface area contributed by atoms with Crippen LogP contribution in [0.25, 0.3) is 22.4 Å². The third-order valence-electron chi connectivity index (χ3n) is 11.3. The van der Waals surface area contributed by atoms with Crippen molar-refractivity contribution in [1.29, 1.82) is 0 Å². The highest BCUT2D eigenvalue weighted by atomic mass is 19.4. The average molecular weight is 1000 g/mol. The van der Waals surface area contributed by atoms with Gasteiger partial charge in [-0.2, -0.15) is 18.2 Å². The van der Waals surface area contributed by atoms with E-state index in [9.17, 15) is 22.8 Å². The second-order valence-electron chi connectivity index (χ2n) is 16.3. The summed E-state index contributed by atoms with van der Waals surface area (Å²) in [6.45, 7) is 7.46. The topological polar surface area (TPSA) is 191 Å². The lowest BCUT2D eigenvalue weighted by Gasteiger charge is -2.27. The first-order chi connectivity index (χ1) is 35.4. The minimum absolute atomic E-state index is 0. The SMILES string of the molecule is C.C1=C(c2cnc(CCc3ccco3)n3cnnc23)CCCC1.Cc1ccc(N=C=O)cc1.Cc1ccc(NC(=O)N2CC=C(c3cnc(CCc4ccco4)n4cnnc34)CC2)cc1.O=CC(F)(F)F.[2H]CC. The van der Waals surface area contributed by atoms with Gasteiger partial charge in [-0.05, 0) is 106 Å². The Morgan fingerprint density at radius 2 is 1.32 bits per heavy atom. The van der Waals surface area contributed by atoms with Crippen LogP contribution in [0.5, 0.6) is 0 Å². The Kier molecular flexibility index (Phi) is 20.7. The van der Waals surface area contributed by atoms with E-state index in [4.69, 9.17) is 15.0 Å². The van der Waals surface area contributed by atoms with Crippen LogP contribution in [0, 0.1) is 13.8 Å². The van der Waals surface area contributed by atoms with E-state index in [1.165, 1.54) is 24.5 Å². The highest BCUT2D eigenvalue weighted by molar-refractivity contribution is 5.90. The van der Waals surface area contributed by atoms with Crippen molar-refractivity contribution in [3.63, 3.8) is 0 Å². The number of anilines is 1. The number of benzene rings is 2. The summed E-state index contributed by atoms with van der Waals surface area (Å²) < 4.78 is 52.2. The molecule has 1 aliphatic carbocycles. The van der Waals surface area contributed by atoms with Gasteiger partial charge in [0.2, 0.25) is 12.4 Å². The number of amides is 2. The Morgan fingerprint density at radius 1 is 0.795 bits per heavy atom. The average Bonchev–Trinajstić information content (AvgIpc) is 4.27. The number of hydrogen-bond donors (Lipinski definition) is 1. The Morgan fingerprint density at radius 3 is 1.75 bits per heavy atom. The predicted molar refractivity (Wildman–Crippen MR) is 274 cm³/mol. The van der Waals surface area contributed by atoms with Crippen LogP contribution in [0.4, 0.5) is 29.3 Å². The molecule has 0 saturated heterocycles. The summed E-state index contributed by atoms with van der Waals surface area (Å²) in [6.07, 6.45) is 19.5. The lowest BCUT2D eigenvalue weighted by atomic mass is 9.95. The summed E-state index contributed by atoms with van der Waals surface area (Å²) in [5.74, 6) is 3.76. The standard InChI is InChI=1S/C24H24N6O2.C17H18N4O.C8H7NO.C2HF3O.C2H6.CH4/c1-17-4-6-19(7-5-17)27-24(31)29-12-10-18(11-13-29)21-15-25-22(30-16-26-28-23(21)30)9-8-20-3-2-14-32-20;1-2-5-13(6-3-1)15-11-18-16(21-12-19-20-17(15)21)9-8-14-7-4-10-22-14;1-7-2-4-8(5-3-7)9-6-10;3-2(4,5)1-6;1-2;/h2-7,10,14-16H,8-9,11-13H2,1H3,(H,27,31);4-5,7,10-12H,1-3,6,8-9H2;2-5H,1H3;1H;1-2H3;1H4/i;;;;1D;. The molecule has 2 aliphatic rings. The Hall–Kier alpha value is -8.31. The second kappa shape index (κ2) is 27.9. The number of fused-ring (bicyclic) bond motifs is 2. The molecule has 10 rings (SSSR count). The molecule has 2 aromatic carbocycles. The molecule has 382 valence electrons. The molecule has 1 aliphatic heterocycles. The van der Waals surface area contributed by atoms with E-state index in [1.807, 2.05) is 95.7 Å². The number of aryl methyl sites for hydroxylation is 6. The maximum Gasteiger partial charge on any atom is 0.446 e. The highest BCUT2D eigenvalue weighted by Gasteiger charge is 2.25. The van der Waals surface area contributed by atoms with E-state index >= 15 is 0 Å². The zero-order valence-corrected chi connectivity index (χ0v) is 40.3. The third-order valence-corrected chi connectivity index (χ3v) is 11.3. The number of nitrogens with zero attached hydrogens (tertiary/aromatic N) is 10. The van der Waals surface area contributed by atoms with Crippen molar-refractivity contribution in [2.24, 2.45) is 4.99 Å². The predicted octanol–water partition coefficient (Wildman–Crippen LogP) is 12.0. The smallest absolute Gasteiger partial charge is 0.446 e. The number of allylic oxidation sites excluding steroid dienone is 2. The largest absolute Gasteiger partial charge is 0.469 e. The number of aromatic nitrogens is 8. The Bertz CT molecular complexity index is 3090. The summed E-state index contributed by atoms with van der Waals surface area (Å²) in [6, 6.07) is 22.8. The van der Waals surface area contributed by atoms with Gasteiger partial charge in [0, 0.05) is 69.4 Å². The molecular weight excluding hydrogens is 940 g/mol. The summed E-state index contributed by atoms with van der Waals surface area (Å²) in [5.41, 5.74) is 10.0. The number of carbonyl (C=O) groups excluding carboxylic acids is 3. The van der Waals surface area contributed by atoms with Gasteiger partial charge in [-0.15, -0.1) is 20.4 Å². The molecule has 2 amide bonds. The highest BCUT2D eigenvalue weighted by Crippen LogP contribution is 2.29. The van der Waals surface area contributed by atoms with Gasteiger partial charge in [-0.1, -0.05) is 68.8 Å². The molecular formula is C54H60F3N11O5. The molecule has 0 unspecified atom stereocenters. The van der Waals surface area contributed by atoms with Crippen LogP contribution < -0.4 is 5.32 Å². The van der Waals surface area contributed by atoms with Crippen LogP contribution in [0.2, 0.25) is 0 Å². The first-order valence-electron chi connectivity index (χ1n) is 24.0. The molecule has 0 spiro atoms. The van der Waals surface area contributed by atoms with E-state index in [2.05, 4.69) is 52.8 Å². The van der Waals surface area contributed by atoms with Gasteiger partial charge < -0.3 is 19.1 Å². The van der Waals surface area contributed by atoms with Gasteiger partial charge in [0.05, 0.1) is 18.2 Å². The third kappa shape index (κ3) is 16.4. The number of carbonyl (C=O) groups is 2. The second-order valence-corrected chi connectivity index (χ2v) is 16.3. The van der Waals surface area contributed by atoms with Crippen molar-refractivity contribution in [2.45, 2.75) is 99.1 Å². The van der Waals surface area contributed by atoms with Crippen molar-refractivity contribution in [1.82, 2.24) is 44.1 Å². The maximum absolute atomic E-state index is 12.6. The van der Waals surface area contributed by atoms with Gasteiger partial charge in [-0.25, -0.2) is 19.6 Å². The number of urea groups is 1. The zero-order valence-electron chi connectivity index (χ0n) is 41.3. The molecule has 0 fully saturated rings. The van der Waals surface area contributed by atoms with Crippen molar-refractivity contribution in [2.75, 3.05) is 18.4 Å². The van der Waals surface area contributed by atoms with Crippen LogP contribution in [0.1, 0.15) is 100 Å². The van der Waals surface area contributed by atoms with Crippen LogP contribution in [0.3, 0.4) is 0 Å². The molecule has 73 heavy (non-hydrogen) atoms. The molecule has 0 saturated carbocycles. The number of isocyanates is 1. The molecule has 0 bridgehead atoms. The first kappa shape index (κ1) is 54.0. The Balaban J connectivity index is 0.000000207. The van der Waals surface area contributed by atoms with Crippen LogP contribution >= 0.6 is 0 Å². The summed E-state index contributed by atoms with van der Waals surface area (Å²) >= 11 is 0.